The van der Waals surface area contributed by atoms with E-state index in [0.717, 1.165) is 4.90 Å². The molecule has 0 aromatic carbocycles. The molecule has 12 amide bonds. The number of fused-ring (bicyclic) bond motifs is 4. The first kappa shape index (κ1) is 88.0. The molecule has 111 heavy (non-hydrogen) atoms. The van der Waals surface area contributed by atoms with Crippen LogP contribution in [0.4, 0.5) is 35.1 Å². The van der Waals surface area contributed by atoms with Crippen molar-refractivity contribution in [3.05, 3.63) is 0 Å². The van der Waals surface area contributed by atoms with Crippen LogP contribution in [0.2, 0.25) is 0 Å². The predicted octanol–water partition coefficient (Wildman–Crippen LogP) is 7.25. The minimum absolute atomic E-state index is 0.0225. The van der Waals surface area contributed by atoms with Crippen molar-refractivity contribution in [2.24, 2.45) is 41.4 Å². The molecule has 4 aliphatic carbocycles. The molecule has 12 atom stereocenters. The summed E-state index contributed by atoms with van der Waals surface area (Å²) in [4.78, 5) is 196. The fraction of sp³-hybridized carbons (Fsp3) is 0.846. The summed E-state index contributed by atoms with van der Waals surface area (Å²) in [7, 11) is 6.93. The van der Waals surface area contributed by atoms with Gasteiger partial charge in [-0.05, 0) is 158 Å². The number of rotatable bonds is 11. The third-order valence-corrected chi connectivity index (χ3v) is 26.0. The molecule has 626 valence electrons. The van der Waals surface area contributed by atoms with E-state index in [1.54, 1.807) is 6.92 Å². The second-order valence-corrected chi connectivity index (χ2v) is 33.9. The number of carbonyl (C=O) groups excluding carboxylic acids is 12. The smallest absolute Gasteiger partial charge is 0.378 e. The number of carbonyl (C=O) groups is 12. The van der Waals surface area contributed by atoms with Gasteiger partial charge in [-0.15, -0.1) is 0 Å². The van der Waals surface area contributed by atoms with Crippen molar-refractivity contribution in [2.75, 3.05) is 87.7 Å². The Morgan fingerprint density at radius 2 is 1.14 bits per heavy atom. The van der Waals surface area contributed by atoms with Gasteiger partial charge in [0.05, 0.1) is 32.1 Å². The summed E-state index contributed by atoms with van der Waals surface area (Å²) < 4.78 is 121. The van der Waals surface area contributed by atoms with Gasteiger partial charge in [0.1, 0.15) is 78.2 Å². The van der Waals surface area contributed by atoms with Gasteiger partial charge in [0.15, 0.2) is 0 Å². The maximum absolute atomic E-state index is 15.8. The zero-order chi connectivity index (χ0) is 81.3. The maximum Gasteiger partial charge on any atom is 0.397 e. The molecule has 25 nitrogen and oxygen atoms in total. The highest BCUT2D eigenvalue weighted by Crippen LogP contribution is 2.46. The molecule has 0 aromatic rings. The molecule has 5 saturated heterocycles. The third-order valence-electron chi connectivity index (χ3n) is 26.0. The van der Waals surface area contributed by atoms with E-state index in [9.17, 15) is 31.1 Å². The van der Waals surface area contributed by atoms with Crippen molar-refractivity contribution >= 4 is 70.9 Å². The molecule has 5 heterocycles. The van der Waals surface area contributed by atoms with Crippen molar-refractivity contribution < 1.29 is 97.4 Å². The number of hydrogen-bond acceptors (Lipinski definition) is 13. The zero-order valence-electron chi connectivity index (χ0n) is 66.2. The summed E-state index contributed by atoms with van der Waals surface area (Å²) in [6, 6.07) is -12.1. The van der Waals surface area contributed by atoms with Crippen LogP contribution in [0.1, 0.15) is 207 Å². The van der Waals surface area contributed by atoms with Crippen LogP contribution in [0.25, 0.3) is 0 Å². The van der Waals surface area contributed by atoms with Crippen molar-refractivity contribution in [1.82, 2.24) is 60.0 Å². The molecule has 4 saturated carbocycles. The Kier molecular flexibility index (Phi) is 30.1. The Morgan fingerprint density at radius 3 is 1.73 bits per heavy atom. The summed E-state index contributed by atoms with van der Waals surface area (Å²) in [5.41, 5.74) is -1.67. The fourth-order valence-electron chi connectivity index (χ4n) is 19.2. The largest absolute Gasteiger partial charge is 0.397 e. The first-order valence-electron chi connectivity index (χ1n) is 40.8. The van der Waals surface area contributed by atoms with Crippen molar-refractivity contribution in [2.45, 2.75) is 292 Å². The molecule has 2 bridgehead atoms. The van der Waals surface area contributed by atoms with Crippen LogP contribution < -0.4 is 16.0 Å². The summed E-state index contributed by atoms with van der Waals surface area (Å²) in [5.74, 6) is -16.1. The average molecular weight is 1590 g/mol. The van der Waals surface area contributed by atoms with Gasteiger partial charge in [-0.3, -0.25) is 57.5 Å². The lowest BCUT2D eigenvalue weighted by Gasteiger charge is -2.42. The Hall–Kier alpha value is -6.96. The van der Waals surface area contributed by atoms with Crippen LogP contribution in [0.5, 0.6) is 0 Å². The molecule has 9 aliphatic rings. The molecule has 1 spiro atoms. The number of hydrogen-bond donors (Lipinski definition) is 3. The number of nitrogens with one attached hydrogen (secondary N) is 3. The average Bonchev–Trinajstić information content (AvgIpc) is 1.71. The minimum Gasteiger partial charge on any atom is -0.378 e. The van der Waals surface area contributed by atoms with Gasteiger partial charge in [-0.1, -0.05) is 72.6 Å². The topological polar surface area (TPSA) is 279 Å². The van der Waals surface area contributed by atoms with E-state index in [2.05, 4.69) is 16.0 Å². The monoisotopic (exact) mass is 1580 g/mol. The highest BCUT2D eigenvalue weighted by molar-refractivity contribution is 6.01. The summed E-state index contributed by atoms with van der Waals surface area (Å²) in [6.07, 6.45) is -12.5. The Morgan fingerprint density at radius 1 is 0.550 bits per heavy atom. The second-order valence-electron chi connectivity index (χ2n) is 33.9. The van der Waals surface area contributed by atoms with Crippen LogP contribution in [-0.4, -0.2) is 287 Å². The first-order chi connectivity index (χ1) is 52.4. The van der Waals surface area contributed by atoms with E-state index in [1.165, 1.54) is 74.4 Å². The zero-order valence-corrected chi connectivity index (χ0v) is 66.2. The summed E-state index contributed by atoms with van der Waals surface area (Å²) >= 11 is 0. The number of morpholine rings is 1. The third kappa shape index (κ3) is 20.8. The number of alkyl halides is 8. The van der Waals surface area contributed by atoms with Gasteiger partial charge in [0.25, 0.3) is 0 Å². The van der Waals surface area contributed by atoms with E-state index in [-0.39, 0.29) is 135 Å². The van der Waals surface area contributed by atoms with Crippen LogP contribution in [-0.2, 0) is 62.3 Å². The van der Waals surface area contributed by atoms with E-state index < -0.39 is 223 Å². The van der Waals surface area contributed by atoms with Crippen LogP contribution >= 0.6 is 0 Å². The summed E-state index contributed by atoms with van der Waals surface area (Å²) in [6.45, 7) is 6.91. The van der Waals surface area contributed by atoms with E-state index in [0.29, 0.717) is 70.6 Å². The Balaban J connectivity index is 1.11. The highest BCUT2D eigenvalue weighted by atomic mass is 19.4. The number of halogens is 8. The SMILES string of the molecule is CC[C@H](C)[C@@H]1NC(=O)[C@H](CC(C)C)N(C)C(=O)C[C@@H](C(=O)N2CCOCC2)N(C)C(=O)[C@H](C2CCCC2)N(C)C(=O)C2(CCCC2)NC(=O)[C@@H]2CCCN2C(=O)[C@H](CCC2CC(F)C(C(F)(F)F)C(F)C2)NC(=O)CN(C)C(=O)[C@H](CC2CCC(C(F)(F)F)CC2)N2CCCCC[C@@H](C2=O)N(C)C(=O)[C@@H]2CCCN2C1=O. The van der Waals surface area contributed by atoms with Gasteiger partial charge >= 0.3 is 12.4 Å². The quantitative estimate of drug-likeness (QED) is 0.172. The highest BCUT2D eigenvalue weighted by Gasteiger charge is 2.56. The Bertz CT molecular complexity index is 3300. The molecule has 3 N–H and O–H groups in total. The van der Waals surface area contributed by atoms with Gasteiger partial charge < -0.3 is 64.8 Å². The number of nitrogens with zero attached hydrogens (tertiary/aromatic N) is 9. The Labute approximate surface area is 647 Å². The minimum atomic E-state index is -5.20. The standard InChI is InChI=1S/C78H120F8N12O13/c1-10-47(4)64-73(108)97-35-19-24-57(97)70(105)92(7)56-22-12-11-17-33-98(72(56)107)60(43-48-25-28-51(29-26-48)77(81,82)83)69(104)90(5)45-61(99)87-54(30-27-49-41-52(79)63(53(80)42-49)78(84,85)86)68(103)96-34-18-23-55(96)67(102)89-76(31-15-16-32-76)75(110)94(9)65(50-20-13-14-21-50)74(109)93(8)59(71(106)95-36-38-111-39-37-95)44-62(100)91(6)58(40-46(2)3)66(101)88-64/h46-60,63-65H,10-45H2,1-9H3,(H,87,99)(H,88,101)(H,89,102)/t47-,48?,49?,51?,52?,53?,54-,55-,56-,57-,58-,59-,60-,63?,64-,65-/m0/s1. The molecule has 2 unspecified atom stereocenters. The van der Waals surface area contributed by atoms with Gasteiger partial charge in [-0.2, -0.15) is 26.3 Å². The van der Waals surface area contributed by atoms with Crippen molar-refractivity contribution in [1.29, 1.82) is 0 Å². The molecular weight excluding hydrogens is 1460 g/mol. The lowest BCUT2D eigenvalue weighted by Crippen LogP contribution is -2.65. The molecule has 0 aromatic heterocycles. The summed E-state index contributed by atoms with van der Waals surface area (Å²) in [5, 5.41) is 8.64. The second kappa shape index (κ2) is 38.0. The molecule has 0 radical (unpaired) electrons. The van der Waals surface area contributed by atoms with E-state index in [1.807, 2.05) is 20.8 Å². The molecule has 9 rings (SSSR count). The molecule has 33 heteroatoms. The first-order valence-corrected chi connectivity index (χ1v) is 40.8. The van der Waals surface area contributed by atoms with Crippen LogP contribution in [0, 0.1) is 41.4 Å². The van der Waals surface area contributed by atoms with Gasteiger partial charge in [0, 0.05) is 68.0 Å². The number of likely N-dealkylation sites (N-methyl/N-ethyl adjacent to an activating group) is 5. The van der Waals surface area contributed by atoms with Crippen LogP contribution in [0.3, 0.4) is 0 Å². The predicted molar refractivity (Wildman–Crippen MR) is 391 cm³/mol. The van der Waals surface area contributed by atoms with Crippen molar-refractivity contribution in [3.63, 3.8) is 0 Å². The number of ether oxygens (including phenoxy) is 1. The van der Waals surface area contributed by atoms with Gasteiger partial charge in [-0.25, -0.2) is 8.78 Å². The molecule has 5 aliphatic heterocycles. The molecular formula is C78H120F8N12O13. The molecule has 9 fully saturated rings. The van der Waals surface area contributed by atoms with E-state index >= 15 is 61.5 Å². The van der Waals surface area contributed by atoms with Crippen molar-refractivity contribution in [3.8, 4) is 0 Å². The van der Waals surface area contributed by atoms with Gasteiger partial charge in [0.2, 0.25) is 70.9 Å². The lowest BCUT2D eigenvalue weighted by molar-refractivity contribution is -0.219. The maximum atomic E-state index is 15.8. The number of amides is 12. The fourth-order valence-corrected chi connectivity index (χ4v) is 19.2. The lowest BCUT2D eigenvalue weighted by atomic mass is 9.76. The van der Waals surface area contributed by atoms with E-state index in [4.69, 9.17) is 4.74 Å². The normalized spacial score (nSPS) is 32.8. The van der Waals surface area contributed by atoms with Crippen LogP contribution in [0.15, 0.2) is 0 Å².